The number of ether oxygens (including phenoxy) is 1. The summed E-state index contributed by atoms with van der Waals surface area (Å²) in [7, 11) is 2.19. The number of nitrogens with zero attached hydrogens (tertiary/aromatic N) is 2. The highest BCUT2D eigenvalue weighted by atomic mass is 32.2. The number of carbonyl (C=O) groups is 1. The van der Waals surface area contributed by atoms with Gasteiger partial charge in [0.05, 0.1) is 0 Å². The lowest BCUT2D eigenvalue weighted by atomic mass is 10.1. The predicted octanol–water partition coefficient (Wildman–Crippen LogP) is 5.93. The first-order chi connectivity index (χ1) is 14.6. The van der Waals surface area contributed by atoms with Crippen molar-refractivity contribution in [1.29, 1.82) is 0 Å². The van der Waals surface area contributed by atoms with E-state index in [0.29, 0.717) is 6.04 Å². The van der Waals surface area contributed by atoms with E-state index in [4.69, 9.17) is 4.74 Å². The Hall–Kier alpha value is -1.98. The zero-order valence-corrected chi connectivity index (χ0v) is 19.3. The topological polar surface area (TPSA) is 32.8 Å². The molecule has 2 aromatic rings. The minimum Gasteiger partial charge on any atom is -0.457 e. The number of benzene rings is 2. The second-order valence-corrected chi connectivity index (χ2v) is 9.04. The molecule has 1 amide bonds. The van der Waals surface area contributed by atoms with Crippen LogP contribution in [-0.4, -0.2) is 54.7 Å². The van der Waals surface area contributed by atoms with Gasteiger partial charge in [0.25, 0.3) is 5.91 Å². The molecule has 4 rings (SSSR count). The Morgan fingerprint density at radius 1 is 0.967 bits per heavy atom. The molecule has 2 aromatic carbocycles. The monoisotopic (exact) mass is 426 g/mol. The third-order valence-corrected chi connectivity index (χ3v) is 6.50. The smallest absolute Gasteiger partial charge is 0.254 e. The summed E-state index contributed by atoms with van der Waals surface area (Å²) in [4.78, 5) is 18.0. The fourth-order valence-corrected chi connectivity index (χ4v) is 4.37. The number of thioether (sulfide) groups is 1. The van der Waals surface area contributed by atoms with Gasteiger partial charge in [-0.15, -0.1) is 11.8 Å². The SMILES string of the molecule is CN1CCCCC1.CSc1cccc(Oc2ccc(C(=O)N3CCCC3C)cc2)c1. The van der Waals surface area contributed by atoms with E-state index >= 15 is 0 Å². The Morgan fingerprint density at radius 3 is 2.27 bits per heavy atom. The molecule has 0 aliphatic carbocycles. The molecular formula is C25H34N2O2S. The molecule has 0 bridgehead atoms. The fourth-order valence-electron chi connectivity index (χ4n) is 3.92. The number of hydrogen-bond donors (Lipinski definition) is 0. The lowest BCUT2D eigenvalue weighted by Gasteiger charge is -2.21. The van der Waals surface area contributed by atoms with Gasteiger partial charge < -0.3 is 14.5 Å². The van der Waals surface area contributed by atoms with Gasteiger partial charge in [-0.1, -0.05) is 12.5 Å². The number of carbonyl (C=O) groups excluding carboxylic acids is 1. The molecule has 1 unspecified atom stereocenters. The summed E-state index contributed by atoms with van der Waals surface area (Å²) in [6, 6.07) is 15.7. The highest BCUT2D eigenvalue weighted by molar-refractivity contribution is 7.98. The van der Waals surface area contributed by atoms with Crippen molar-refractivity contribution in [3.8, 4) is 11.5 Å². The van der Waals surface area contributed by atoms with E-state index in [2.05, 4.69) is 24.9 Å². The average molecular weight is 427 g/mol. The van der Waals surface area contributed by atoms with Crippen LogP contribution in [0.3, 0.4) is 0 Å². The molecule has 2 fully saturated rings. The van der Waals surface area contributed by atoms with Crippen molar-refractivity contribution in [3.63, 3.8) is 0 Å². The molecule has 4 nitrogen and oxygen atoms in total. The molecule has 0 aromatic heterocycles. The van der Waals surface area contributed by atoms with Gasteiger partial charge in [0.2, 0.25) is 0 Å². The second kappa shape index (κ2) is 11.4. The first-order valence-electron chi connectivity index (χ1n) is 11.0. The van der Waals surface area contributed by atoms with Gasteiger partial charge in [-0.3, -0.25) is 4.79 Å². The van der Waals surface area contributed by atoms with Gasteiger partial charge in [-0.05, 0) is 101 Å². The van der Waals surface area contributed by atoms with Crippen LogP contribution in [0, 0.1) is 0 Å². The van der Waals surface area contributed by atoms with E-state index in [-0.39, 0.29) is 5.91 Å². The lowest BCUT2D eigenvalue weighted by molar-refractivity contribution is 0.0747. The number of amides is 1. The molecule has 2 heterocycles. The number of piperidine rings is 1. The molecule has 5 heteroatoms. The van der Waals surface area contributed by atoms with Crippen LogP contribution in [0.2, 0.25) is 0 Å². The summed E-state index contributed by atoms with van der Waals surface area (Å²) in [6.07, 6.45) is 8.51. The summed E-state index contributed by atoms with van der Waals surface area (Å²) < 4.78 is 5.86. The van der Waals surface area contributed by atoms with Gasteiger partial charge in [0, 0.05) is 23.0 Å². The number of hydrogen-bond acceptors (Lipinski definition) is 4. The number of rotatable bonds is 4. The van der Waals surface area contributed by atoms with Crippen molar-refractivity contribution >= 4 is 17.7 Å². The Kier molecular flexibility index (Phi) is 8.64. The van der Waals surface area contributed by atoms with Crippen molar-refractivity contribution in [2.75, 3.05) is 32.9 Å². The van der Waals surface area contributed by atoms with Gasteiger partial charge in [-0.25, -0.2) is 0 Å². The molecule has 2 aliphatic rings. The molecule has 2 aliphatic heterocycles. The van der Waals surface area contributed by atoms with E-state index in [1.807, 2.05) is 53.6 Å². The van der Waals surface area contributed by atoms with Crippen LogP contribution < -0.4 is 4.74 Å². The van der Waals surface area contributed by atoms with E-state index in [9.17, 15) is 4.79 Å². The van der Waals surface area contributed by atoms with Gasteiger partial charge in [0.1, 0.15) is 11.5 Å². The molecule has 30 heavy (non-hydrogen) atoms. The van der Waals surface area contributed by atoms with Gasteiger partial charge in [0.15, 0.2) is 0 Å². The predicted molar refractivity (Wildman–Crippen MR) is 126 cm³/mol. The first-order valence-corrected chi connectivity index (χ1v) is 12.2. The molecule has 162 valence electrons. The van der Waals surface area contributed by atoms with Crippen LogP contribution in [0.25, 0.3) is 0 Å². The minimum atomic E-state index is 0.117. The Balaban J connectivity index is 0.000000310. The van der Waals surface area contributed by atoms with Crippen LogP contribution in [0.15, 0.2) is 53.4 Å². The molecule has 1 atom stereocenters. The summed E-state index contributed by atoms with van der Waals surface area (Å²) >= 11 is 1.68. The Morgan fingerprint density at radius 2 is 1.70 bits per heavy atom. The maximum Gasteiger partial charge on any atom is 0.254 e. The third kappa shape index (κ3) is 6.51. The maximum atomic E-state index is 12.5. The Bertz CT molecular complexity index is 803. The van der Waals surface area contributed by atoms with Crippen LogP contribution >= 0.6 is 11.8 Å². The molecule has 0 spiro atoms. The van der Waals surface area contributed by atoms with Crippen molar-refractivity contribution in [3.05, 3.63) is 54.1 Å². The fraction of sp³-hybridized carbons (Fsp3) is 0.480. The molecule has 2 saturated heterocycles. The van der Waals surface area contributed by atoms with Crippen molar-refractivity contribution in [1.82, 2.24) is 9.80 Å². The third-order valence-electron chi connectivity index (χ3n) is 5.77. The molecule has 0 saturated carbocycles. The highest BCUT2D eigenvalue weighted by Crippen LogP contribution is 2.26. The molecular weight excluding hydrogens is 392 g/mol. The molecule has 0 N–H and O–H groups in total. The summed E-state index contributed by atoms with van der Waals surface area (Å²) in [5.41, 5.74) is 0.726. The molecule has 0 radical (unpaired) electrons. The maximum absolute atomic E-state index is 12.5. The van der Waals surface area contributed by atoms with E-state index in [1.54, 1.807) is 11.8 Å². The van der Waals surface area contributed by atoms with E-state index in [1.165, 1.54) is 32.4 Å². The van der Waals surface area contributed by atoms with Crippen LogP contribution in [0.1, 0.15) is 49.4 Å². The van der Waals surface area contributed by atoms with Gasteiger partial charge in [-0.2, -0.15) is 0 Å². The Labute approximate surface area is 185 Å². The number of likely N-dealkylation sites (tertiary alicyclic amines) is 2. The average Bonchev–Trinajstić information content (AvgIpc) is 3.21. The standard InChI is InChI=1S/C19H21NO2S.C6H13N/c1-14-5-4-12-20(14)19(21)15-8-10-16(11-9-15)22-17-6-3-7-18(13-17)23-2;1-7-5-3-2-4-6-7/h3,6-11,13-14H,4-5,12H2,1-2H3;2-6H2,1H3. The normalized spacial score (nSPS) is 19.2. The summed E-state index contributed by atoms with van der Waals surface area (Å²) in [5.74, 6) is 1.67. The van der Waals surface area contributed by atoms with Crippen molar-refractivity contribution in [2.45, 2.75) is 50.0 Å². The zero-order valence-electron chi connectivity index (χ0n) is 18.5. The van der Waals surface area contributed by atoms with Crippen molar-refractivity contribution < 1.29 is 9.53 Å². The van der Waals surface area contributed by atoms with Gasteiger partial charge >= 0.3 is 0 Å². The lowest BCUT2D eigenvalue weighted by Crippen LogP contribution is -2.33. The first kappa shape index (κ1) is 22.7. The van der Waals surface area contributed by atoms with Crippen LogP contribution in [-0.2, 0) is 0 Å². The van der Waals surface area contributed by atoms with E-state index in [0.717, 1.165) is 41.3 Å². The summed E-state index contributed by atoms with van der Waals surface area (Å²) in [5, 5.41) is 0. The zero-order chi connectivity index (χ0) is 21.3. The van der Waals surface area contributed by atoms with Crippen LogP contribution in [0.4, 0.5) is 0 Å². The second-order valence-electron chi connectivity index (χ2n) is 8.16. The van der Waals surface area contributed by atoms with Crippen molar-refractivity contribution in [2.24, 2.45) is 0 Å². The summed E-state index contributed by atoms with van der Waals surface area (Å²) in [6.45, 7) is 5.61. The van der Waals surface area contributed by atoms with E-state index < -0.39 is 0 Å². The largest absolute Gasteiger partial charge is 0.457 e. The quantitative estimate of drug-likeness (QED) is 0.568. The van der Waals surface area contributed by atoms with Crippen LogP contribution in [0.5, 0.6) is 11.5 Å². The highest BCUT2D eigenvalue weighted by Gasteiger charge is 2.25. The minimum absolute atomic E-state index is 0.117.